The lowest BCUT2D eigenvalue weighted by atomic mass is 10.3. The standard InChI is InChI=1S/C19H22BrN5O2S2/c1-4-25(5-2)18-12-17(21-13(3)22-18)23-14-6-8-15(9-7-14)24-29(26,27)19-11-10-16(20)28-19/h6-12,24H,4-5H2,1-3H3,(H,21,22,23). The molecule has 0 saturated carbocycles. The fraction of sp³-hybridized carbons (Fsp3) is 0.263. The third-order valence-electron chi connectivity index (χ3n) is 4.13. The first kappa shape index (κ1) is 21.5. The summed E-state index contributed by atoms with van der Waals surface area (Å²) in [6, 6.07) is 12.2. The summed E-state index contributed by atoms with van der Waals surface area (Å²) in [5.74, 6) is 2.25. The summed E-state index contributed by atoms with van der Waals surface area (Å²) in [5, 5.41) is 3.25. The second-order valence-electron chi connectivity index (χ2n) is 6.20. The number of aryl methyl sites for hydroxylation is 1. The van der Waals surface area contributed by atoms with E-state index in [1.54, 1.807) is 36.4 Å². The monoisotopic (exact) mass is 495 g/mol. The topological polar surface area (TPSA) is 87.2 Å². The lowest BCUT2D eigenvalue weighted by Gasteiger charge is -2.20. The predicted octanol–water partition coefficient (Wildman–Crippen LogP) is 5.00. The molecule has 0 atom stereocenters. The molecular weight excluding hydrogens is 474 g/mol. The minimum Gasteiger partial charge on any atom is -0.357 e. The van der Waals surface area contributed by atoms with Crippen molar-refractivity contribution in [3.63, 3.8) is 0 Å². The Morgan fingerprint density at radius 2 is 1.69 bits per heavy atom. The lowest BCUT2D eigenvalue weighted by molar-refractivity contribution is 0.603. The van der Waals surface area contributed by atoms with E-state index in [-0.39, 0.29) is 4.21 Å². The smallest absolute Gasteiger partial charge is 0.271 e. The molecule has 0 saturated heterocycles. The number of nitrogens with one attached hydrogen (secondary N) is 2. The first-order chi connectivity index (χ1) is 13.8. The largest absolute Gasteiger partial charge is 0.357 e. The van der Waals surface area contributed by atoms with Crippen molar-refractivity contribution in [1.82, 2.24) is 9.97 Å². The second kappa shape index (κ2) is 9.10. The Morgan fingerprint density at radius 3 is 2.28 bits per heavy atom. The van der Waals surface area contributed by atoms with Gasteiger partial charge in [0.2, 0.25) is 0 Å². The van der Waals surface area contributed by atoms with Crippen LogP contribution in [0.3, 0.4) is 0 Å². The lowest BCUT2D eigenvalue weighted by Crippen LogP contribution is -2.23. The highest BCUT2D eigenvalue weighted by atomic mass is 79.9. The van der Waals surface area contributed by atoms with Gasteiger partial charge in [-0.3, -0.25) is 4.72 Å². The highest BCUT2D eigenvalue weighted by Crippen LogP contribution is 2.28. The minimum absolute atomic E-state index is 0.256. The third-order valence-corrected chi connectivity index (χ3v) is 7.63. The summed E-state index contributed by atoms with van der Waals surface area (Å²) in [5.41, 5.74) is 1.29. The molecule has 3 rings (SSSR count). The van der Waals surface area contributed by atoms with Crippen molar-refractivity contribution in [2.75, 3.05) is 28.0 Å². The van der Waals surface area contributed by atoms with E-state index in [0.717, 1.165) is 39.7 Å². The van der Waals surface area contributed by atoms with E-state index in [1.165, 1.54) is 0 Å². The SMILES string of the molecule is CCN(CC)c1cc(Nc2ccc(NS(=O)(=O)c3ccc(Br)s3)cc2)nc(C)n1. The zero-order valence-corrected chi connectivity index (χ0v) is 19.5. The maximum Gasteiger partial charge on any atom is 0.271 e. The molecule has 0 unspecified atom stereocenters. The van der Waals surface area contributed by atoms with Crippen LogP contribution in [0.5, 0.6) is 0 Å². The molecule has 0 aliphatic rings. The summed E-state index contributed by atoms with van der Waals surface area (Å²) >= 11 is 4.45. The molecular formula is C19H22BrN5O2S2. The van der Waals surface area contributed by atoms with Crippen molar-refractivity contribution >= 4 is 60.3 Å². The van der Waals surface area contributed by atoms with Crippen molar-refractivity contribution in [2.45, 2.75) is 25.0 Å². The first-order valence-electron chi connectivity index (χ1n) is 9.06. The Labute approximate surface area is 183 Å². The van der Waals surface area contributed by atoms with Crippen LogP contribution in [-0.4, -0.2) is 31.5 Å². The molecule has 2 heterocycles. The van der Waals surface area contributed by atoms with Crippen LogP contribution in [0.4, 0.5) is 23.0 Å². The molecule has 0 aliphatic carbocycles. The van der Waals surface area contributed by atoms with Gasteiger partial charge in [-0.1, -0.05) is 0 Å². The summed E-state index contributed by atoms with van der Waals surface area (Å²) < 4.78 is 28.5. The number of halogens is 1. The zero-order valence-electron chi connectivity index (χ0n) is 16.3. The van der Waals surface area contributed by atoms with E-state index in [4.69, 9.17) is 0 Å². The average molecular weight is 496 g/mol. The van der Waals surface area contributed by atoms with Gasteiger partial charge in [-0.15, -0.1) is 11.3 Å². The van der Waals surface area contributed by atoms with E-state index >= 15 is 0 Å². The Kier molecular flexibility index (Phi) is 6.76. The predicted molar refractivity (Wildman–Crippen MR) is 123 cm³/mol. The molecule has 0 fully saturated rings. The number of rotatable bonds is 8. The summed E-state index contributed by atoms with van der Waals surface area (Å²) in [7, 11) is -3.60. The van der Waals surface area contributed by atoms with E-state index in [1.807, 2.05) is 13.0 Å². The van der Waals surface area contributed by atoms with Crippen molar-refractivity contribution in [2.24, 2.45) is 0 Å². The van der Waals surface area contributed by atoms with Crippen molar-refractivity contribution < 1.29 is 8.42 Å². The van der Waals surface area contributed by atoms with Gasteiger partial charge in [0.15, 0.2) is 0 Å². The summed E-state index contributed by atoms with van der Waals surface area (Å²) in [4.78, 5) is 11.1. The number of hydrogen-bond acceptors (Lipinski definition) is 7. The van der Waals surface area contributed by atoms with E-state index in [2.05, 4.69) is 54.7 Å². The molecule has 2 aromatic heterocycles. The molecule has 29 heavy (non-hydrogen) atoms. The van der Waals surface area contributed by atoms with Gasteiger partial charge in [-0.25, -0.2) is 18.4 Å². The summed E-state index contributed by atoms with van der Waals surface area (Å²) in [6.07, 6.45) is 0. The van der Waals surface area contributed by atoms with Gasteiger partial charge in [0.25, 0.3) is 10.0 Å². The van der Waals surface area contributed by atoms with Crippen molar-refractivity contribution in [3.05, 3.63) is 52.1 Å². The fourth-order valence-electron chi connectivity index (χ4n) is 2.74. The van der Waals surface area contributed by atoms with Gasteiger partial charge in [0.05, 0.1) is 3.79 Å². The van der Waals surface area contributed by atoms with Crippen molar-refractivity contribution in [1.29, 1.82) is 0 Å². The van der Waals surface area contributed by atoms with E-state index < -0.39 is 10.0 Å². The van der Waals surface area contributed by atoms with Gasteiger partial charge in [-0.2, -0.15) is 0 Å². The molecule has 10 heteroatoms. The maximum absolute atomic E-state index is 12.4. The molecule has 154 valence electrons. The molecule has 0 aliphatic heterocycles. The molecule has 1 aromatic carbocycles. The van der Waals surface area contributed by atoms with E-state index in [0.29, 0.717) is 17.3 Å². The first-order valence-corrected chi connectivity index (χ1v) is 12.2. The van der Waals surface area contributed by atoms with Crippen molar-refractivity contribution in [3.8, 4) is 0 Å². The normalized spacial score (nSPS) is 11.3. The van der Waals surface area contributed by atoms with Crippen LogP contribution in [0.2, 0.25) is 0 Å². The minimum atomic E-state index is -3.60. The molecule has 0 spiro atoms. The fourth-order valence-corrected chi connectivity index (χ4v) is 5.81. The number of hydrogen-bond donors (Lipinski definition) is 2. The number of thiophene rings is 1. The Morgan fingerprint density at radius 1 is 1.03 bits per heavy atom. The van der Waals surface area contributed by atoms with Gasteiger partial charge in [0.1, 0.15) is 21.7 Å². The van der Waals surface area contributed by atoms with Crippen LogP contribution in [0, 0.1) is 6.92 Å². The Hall–Kier alpha value is -2.17. The third kappa shape index (κ3) is 5.46. The number of benzene rings is 1. The maximum atomic E-state index is 12.4. The quantitative estimate of drug-likeness (QED) is 0.457. The van der Waals surface area contributed by atoms with Crippen LogP contribution in [-0.2, 0) is 10.0 Å². The summed E-state index contributed by atoms with van der Waals surface area (Å²) in [6.45, 7) is 7.76. The molecule has 7 nitrogen and oxygen atoms in total. The molecule has 0 radical (unpaired) electrons. The Balaban J connectivity index is 1.74. The average Bonchev–Trinajstić information content (AvgIpc) is 3.11. The van der Waals surface area contributed by atoms with Gasteiger partial charge >= 0.3 is 0 Å². The van der Waals surface area contributed by atoms with Crippen LogP contribution < -0.4 is 14.9 Å². The highest BCUT2D eigenvalue weighted by molar-refractivity contribution is 9.11. The number of nitrogens with zero attached hydrogens (tertiary/aromatic N) is 3. The second-order valence-corrected chi connectivity index (χ2v) is 10.6. The highest BCUT2D eigenvalue weighted by Gasteiger charge is 2.16. The van der Waals surface area contributed by atoms with Crippen LogP contribution in [0.15, 0.2) is 50.5 Å². The van der Waals surface area contributed by atoms with Gasteiger partial charge in [0, 0.05) is 30.5 Å². The molecule has 0 bridgehead atoms. The Bertz CT molecular complexity index is 1080. The zero-order chi connectivity index (χ0) is 21.0. The van der Waals surface area contributed by atoms with Gasteiger partial charge < -0.3 is 10.2 Å². The van der Waals surface area contributed by atoms with E-state index in [9.17, 15) is 8.42 Å². The number of anilines is 4. The molecule has 3 aromatic rings. The van der Waals surface area contributed by atoms with Crippen LogP contribution in [0.25, 0.3) is 0 Å². The van der Waals surface area contributed by atoms with Crippen LogP contribution >= 0.6 is 27.3 Å². The van der Waals surface area contributed by atoms with Gasteiger partial charge in [-0.05, 0) is 73.1 Å². The molecule has 0 amide bonds. The number of sulfonamides is 1. The number of aromatic nitrogens is 2. The van der Waals surface area contributed by atoms with Crippen LogP contribution in [0.1, 0.15) is 19.7 Å². The molecule has 2 N–H and O–H groups in total.